The zero-order chi connectivity index (χ0) is 15.4. The second-order valence-corrected chi connectivity index (χ2v) is 6.87. The second-order valence-electron chi connectivity index (χ2n) is 5.97. The molecule has 5 heteroatoms. The van der Waals surface area contributed by atoms with Crippen molar-refractivity contribution >= 4 is 22.4 Å². The maximum atomic E-state index is 12.3. The fraction of sp³-hybridized carbons (Fsp3) is 0.412. The van der Waals surface area contributed by atoms with Crippen molar-refractivity contribution in [2.24, 2.45) is 5.92 Å². The highest BCUT2D eigenvalue weighted by molar-refractivity contribution is 7.13. The van der Waals surface area contributed by atoms with E-state index in [2.05, 4.69) is 28.2 Å². The molecule has 1 atom stereocenters. The average molecular weight is 315 g/mol. The smallest absolute Gasteiger partial charge is 0.257 e. The first-order valence-corrected chi connectivity index (χ1v) is 8.61. The van der Waals surface area contributed by atoms with Gasteiger partial charge in [0.15, 0.2) is 5.13 Å². The van der Waals surface area contributed by atoms with Crippen molar-refractivity contribution in [2.45, 2.75) is 26.3 Å². The standard InChI is InChI=1S/C17H21N3OS/c1-13-4-3-8-20(11-13)12-14-5-2-6-15(10-14)16(21)19-17-18-7-9-22-17/h2,5-7,9-10,13H,3-4,8,11-12H2,1H3,(H,18,19,21). The van der Waals surface area contributed by atoms with Gasteiger partial charge in [-0.1, -0.05) is 19.1 Å². The number of hydrogen-bond donors (Lipinski definition) is 1. The maximum Gasteiger partial charge on any atom is 0.257 e. The third kappa shape index (κ3) is 3.93. The molecule has 0 bridgehead atoms. The number of hydrogen-bond acceptors (Lipinski definition) is 4. The molecule has 1 aliphatic heterocycles. The van der Waals surface area contributed by atoms with Crippen molar-refractivity contribution in [3.05, 3.63) is 47.0 Å². The van der Waals surface area contributed by atoms with E-state index in [1.807, 2.05) is 23.6 Å². The summed E-state index contributed by atoms with van der Waals surface area (Å²) in [6.45, 7) is 5.53. The summed E-state index contributed by atoms with van der Waals surface area (Å²) in [6, 6.07) is 7.90. The minimum Gasteiger partial charge on any atom is -0.299 e. The molecule has 1 aromatic heterocycles. The summed E-state index contributed by atoms with van der Waals surface area (Å²) in [4.78, 5) is 18.8. The van der Waals surface area contributed by atoms with Crippen molar-refractivity contribution in [1.82, 2.24) is 9.88 Å². The van der Waals surface area contributed by atoms with Crippen LogP contribution >= 0.6 is 11.3 Å². The van der Waals surface area contributed by atoms with Crippen LogP contribution in [0.5, 0.6) is 0 Å². The first-order chi connectivity index (χ1) is 10.7. The third-order valence-electron chi connectivity index (χ3n) is 3.99. The van der Waals surface area contributed by atoms with Crippen LogP contribution in [0.3, 0.4) is 0 Å². The van der Waals surface area contributed by atoms with Crippen LogP contribution in [0.25, 0.3) is 0 Å². The minimum atomic E-state index is -0.0937. The molecule has 116 valence electrons. The first-order valence-electron chi connectivity index (χ1n) is 7.73. The van der Waals surface area contributed by atoms with Gasteiger partial charge in [-0.15, -0.1) is 11.3 Å². The molecule has 2 heterocycles. The van der Waals surface area contributed by atoms with E-state index in [0.717, 1.165) is 25.6 Å². The van der Waals surface area contributed by atoms with Gasteiger partial charge in [0.2, 0.25) is 0 Å². The van der Waals surface area contributed by atoms with E-state index in [1.165, 1.54) is 29.7 Å². The molecule has 1 amide bonds. The van der Waals surface area contributed by atoms with E-state index in [-0.39, 0.29) is 5.91 Å². The quantitative estimate of drug-likeness (QED) is 0.937. The van der Waals surface area contributed by atoms with Crippen LogP contribution in [0.2, 0.25) is 0 Å². The number of nitrogens with one attached hydrogen (secondary N) is 1. The number of carbonyl (C=O) groups excluding carboxylic acids is 1. The van der Waals surface area contributed by atoms with Gasteiger partial charge in [0, 0.05) is 30.2 Å². The third-order valence-corrected chi connectivity index (χ3v) is 4.68. The van der Waals surface area contributed by atoms with Crippen molar-refractivity contribution in [3.63, 3.8) is 0 Å². The van der Waals surface area contributed by atoms with E-state index in [0.29, 0.717) is 10.7 Å². The number of aromatic nitrogens is 1. The fourth-order valence-corrected chi connectivity index (χ4v) is 3.48. The van der Waals surface area contributed by atoms with Crippen molar-refractivity contribution in [1.29, 1.82) is 0 Å². The molecule has 1 fully saturated rings. The normalized spacial score (nSPS) is 19.0. The van der Waals surface area contributed by atoms with Crippen LogP contribution in [-0.2, 0) is 6.54 Å². The highest BCUT2D eigenvalue weighted by Gasteiger charge is 2.16. The van der Waals surface area contributed by atoms with Gasteiger partial charge < -0.3 is 0 Å². The van der Waals surface area contributed by atoms with Crippen molar-refractivity contribution in [2.75, 3.05) is 18.4 Å². The Balaban J connectivity index is 1.65. The molecule has 3 rings (SSSR count). The number of carbonyl (C=O) groups is 1. The van der Waals surface area contributed by atoms with Gasteiger partial charge in [-0.25, -0.2) is 4.98 Å². The number of piperidine rings is 1. The molecule has 1 saturated heterocycles. The molecule has 4 nitrogen and oxygen atoms in total. The predicted molar refractivity (Wildman–Crippen MR) is 90.2 cm³/mol. The number of likely N-dealkylation sites (tertiary alicyclic amines) is 1. The van der Waals surface area contributed by atoms with Crippen LogP contribution < -0.4 is 5.32 Å². The Bertz CT molecular complexity index is 627. The lowest BCUT2D eigenvalue weighted by atomic mass is 9.99. The van der Waals surface area contributed by atoms with Crippen LogP contribution in [0, 0.1) is 5.92 Å². The van der Waals surface area contributed by atoms with E-state index >= 15 is 0 Å². The minimum absolute atomic E-state index is 0.0937. The molecular formula is C17H21N3OS. The Morgan fingerprint density at radius 3 is 3.18 bits per heavy atom. The molecule has 1 aromatic carbocycles. The Morgan fingerprint density at radius 1 is 1.50 bits per heavy atom. The average Bonchev–Trinajstić information content (AvgIpc) is 3.00. The van der Waals surface area contributed by atoms with Gasteiger partial charge in [-0.05, 0) is 43.0 Å². The largest absolute Gasteiger partial charge is 0.299 e. The monoisotopic (exact) mass is 315 g/mol. The molecule has 22 heavy (non-hydrogen) atoms. The molecule has 0 saturated carbocycles. The van der Waals surface area contributed by atoms with Gasteiger partial charge in [0.25, 0.3) is 5.91 Å². The Kier molecular flexibility index (Phi) is 4.85. The highest BCUT2D eigenvalue weighted by atomic mass is 32.1. The van der Waals surface area contributed by atoms with Gasteiger partial charge in [-0.2, -0.15) is 0 Å². The zero-order valence-corrected chi connectivity index (χ0v) is 13.6. The highest BCUT2D eigenvalue weighted by Crippen LogP contribution is 2.19. The van der Waals surface area contributed by atoms with Crippen LogP contribution in [0.1, 0.15) is 35.7 Å². The fourth-order valence-electron chi connectivity index (χ4n) is 2.95. The second kappa shape index (κ2) is 7.03. The van der Waals surface area contributed by atoms with E-state index in [1.54, 1.807) is 6.20 Å². The van der Waals surface area contributed by atoms with Gasteiger partial charge in [0.05, 0.1) is 0 Å². The van der Waals surface area contributed by atoms with Crippen molar-refractivity contribution < 1.29 is 4.79 Å². The number of amides is 1. The summed E-state index contributed by atoms with van der Waals surface area (Å²) in [7, 11) is 0. The van der Waals surface area contributed by atoms with Crippen LogP contribution in [-0.4, -0.2) is 28.9 Å². The molecular weight excluding hydrogens is 294 g/mol. The summed E-state index contributed by atoms with van der Waals surface area (Å²) >= 11 is 1.43. The van der Waals surface area contributed by atoms with Crippen molar-refractivity contribution in [3.8, 4) is 0 Å². The molecule has 1 aliphatic rings. The Hall–Kier alpha value is -1.72. The lowest BCUT2D eigenvalue weighted by molar-refractivity contribution is 0.102. The summed E-state index contributed by atoms with van der Waals surface area (Å²) in [6.07, 6.45) is 4.28. The Labute approximate surface area is 135 Å². The lowest BCUT2D eigenvalue weighted by Gasteiger charge is -2.30. The van der Waals surface area contributed by atoms with E-state index in [9.17, 15) is 4.79 Å². The number of thiazole rings is 1. The number of nitrogens with zero attached hydrogens (tertiary/aromatic N) is 2. The number of benzene rings is 1. The summed E-state index contributed by atoms with van der Waals surface area (Å²) in [5, 5.41) is 5.32. The molecule has 2 aromatic rings. The van der Waals surface area contributed by atoms with Crippen LogP contribution in [0.4, 0.5) is 5.13 Å². The van der Waals surface area contributed by atoms with E-state index in [4.69, 9.17) is 0 Å². The van der Waals surface area contributed by atoms with Gasteiger partial charge in [-0.3, -0.25) is 15.0 Å². The van der Waals surface area contributed by atoms with E-state index < -0.39 is 0 Å². The van der Waals surface area contributed by atoms with Gasteiger partial charge in [0.1, 0.15) is 0 Å². The van der Waals surface area contributed by atoms with Crippen LogP contribution in [0.15, 0.2) is 35.8 Å². The number of rotatable bonds is 4. The SMILES string of the molecule is CC1CCCN(Cc2cccc(C(=O)Nc3nccs3)c2)C1. The lowest BCUT2D eigenvalue weighted by Crippen LogP contribution is -2.33. The molecule has 0 aliphatic carbocycles. The topological polar surface area (TPSA) is 45.2 Å². The zero-order valence-electron chi connectivity index (χ0n) is 12.8. The maximum absolute atomic E-state index is 12.3. The summed E-state index contributed by atoms with van der Waals surface area (Å²) in [5.74, 6) is 0.675. The molecule has 0 spiro atoms. The van der Waals surface area contributed by atoms with Gasteiger partial charge >= 0.3 is 0 Å². The predicted octanol–water partition coefficient (Wildman–Crippen LogP) is 3.63. The summed E-state index contributed by atoms with van der Waals surface area (Å²) < 4.78 is 0. The molecule has 1 unspecified atom stereocenters. The Morgan fingerprint density at radius 2 is 2.41 bits per heavy atom. The molecule has 0 radical (unpaired) electrons. The summed E-state index contributed by atoms with van der Waals surface area (Å²) in [5.41, 5.74) is 1.89. The first kappa shape index (κ1) is 15.2. The number of anilines is 1. The molecule has 1 N–H and O–H groups in total.